The van der Waals surface area contributed by atoms with Gasteiger partial charge in [-0.1, -0.05) is 33.6 Å². The van der Waals surface area contributed by atoms with Gasteiger partial charge in [0.2, 0.25) is 0 Å². The van der Waals surface area contributed by atoms with Crippen LogP contribution in [0, 0.1) is 5.92 Å². The van der Waals surface area contributed by atoms with E-state index in [1.165, 1.54) is 6.42 Å². The van der Waals surface area contributed by atoms with E-state index in [0.29, 0.717) is 6.54 Å². The van der Waals surface area contributed by atoms with Gasteiger partial charge in [-0.05, 0) is 18.8 Å². The Morgan fingerprint density at radius 1 is 1.31 bits per heavy atom. The van der Waals surface area contributed by atoms with Crippen LogP contribution in [0.2, 0.25) is 0 Å². The molecule has 2 amide bonds. The lowest BCUT2D eigenvalue weighted by molar-refractivity contribution is 0.214. The molecule has 0 aliphatic rings. The highest BCUT2D eigenvalue weighted by atomic mass is 16.3. The maximum atomic E-state index is 11.3. The SMILES string of the molecule is CCC(CO)NC(=O)NCCCCC(C)C. The summed E-state index contributed by atoms with van der Waals surface area (Å²) in [5.74, 6) is 0.729. The Morgan fingerprint density at radius 2 is 2.00 bits per heavy atom. The van der Waals surface area contributed by atoms with Gasteiger partial charge in [-0.3, -0.25) is 0 Å². The number of nitrogens with one attached hydrogen (secondary N) is 2. The molecule has 0 spiro atoms. The molecule has 4 nitrogen and oxygen atoms in total. The average molecular weight is 230 g/mol. The van der Waals surface area contributed by atoms with Crippen LogP contribution >= 0.6 is 0 Å². The van der Waals surface area contributed by atoms with Gasteiger partial charge in [-0.15, -0.1) is 0 Å². The maximum Gasteiger partial charge on any atom is 0.315 e. The third kappa shape index (κ3) is 8.53. The molecule has 0 bridgehead atoms. The van der Waals surface area contributed by atoms with Gasteiger partial charge < -0.3 is 15.7 Å². The van der Waals surface area contributed by atoms with Gasteiger partial charge in [-0.25, -0.2) is 4.79 Å². The van der Waals surface area contributed by atoms with Crippen molar-refractivity contribution in [2.45, 2.75) is 52.5 Å². The van der Waals surface area contributed by atoms with Crippen LogP contribution < -0.4 is 10.6 Å². The summed E-state index contributed by atoms with van der Waals surface area (Å²) < 4.78 is 0. The number of aliphatic hydroxyl groups excluding tert-OH is 1. The first-order valence-electron chi connectivity index (χ1n) is 6.25. The number of urea groups is 1. The molecule has 0 radical (unpaired) electrons. The number of unbranched alkanes of at least 4 members (excludes halogenated alkanes) is 1. The molecule has 0 saturated heterocycles. The normalized spacial score (nSPS) is 12.6. The summed E-state index contributed by atoms with van der Waals surface area (Å²) in [6.45, 7) is 7.04. The molecule has 0 rings (SSSR count). The van der Waals surface area contributed by atoms with E-state index >= 15 is 0 Å². The van der Waals surface area contributed by atoms with Crippen LogP contribution in [0.1, 0.15) is 46.5 Å². The van der Waals surface area contributed by atoms with Crippen molar-refractivity contribution in [3.8, 4) is 0 Å². The Balaban J connectivity index is 3.43. The fourth-order valence-corrected chi connectivity index (χ4v) is 1.39. The van der Waals surface area contributed by atoms with Crippen LogP contribution in [0.3, 0.4) is 0 Å². The highest BCUT2D eigenvalue weighted by Crippen LogP contribution is 2.04. The quantitative estimate of drug-likeness (QED) is 0.558. The zero-order valence-corrected chi connectivity index (χ0v) is 10.8. The minimum atomic E-state index is -0.176. The topological polar surface area (TPSA) is 61.4 Å². The van der Waals surface area contributed by atoms with E-state index in [1.807, 2.05) is 6.92 Å². The molecule has 96 valence electrons. The predicted octanol–water partition coefficient (Wildman–Crippen LogP) is 1.88. The van der Waals surface area contributed by atoms with E-state index in [1.54, 1.807) is 0 Å². The summed E-state index contributed by atoms with van der Waals surface area (Å²) in [7, 11) is 0. The number of carbonyl (C=O) groups is 1. The lowest BCUT2D eigenvalue weighted by Gasteiger charge is -2.14. The van der Waals surface area contributed by atoms with Crippen molar-refractivity contribution in [2.24, 2.45) is 5.92 Å². The highest BCUT2D eigenvalue weighted by Gasteiger charge is 2.07. The van der Waals surface area contributed by atoms with Crippen LogP contribution in [0.5, 0.6) is 0 Å². The Labute approximate surface area is 98.8 Å². The van der Waals surface area contributed by atoms with Gasteiger partial charge >= 0.3 is 6.03 Å². The molecule has 0 fully saturated rings. The van der Waals surface area contributed by atoms with Gasteiger partial charge in [-0.2, -0.15) is 0 Å². The van der Waals surface area contributed by atoms with E-state index in [-0.39, 0.29) is 18.7 Å². The van der Waals surface area contributed by atoms with E-state index in [9.17, 15) is 4.79 Å². The standard InChI is InChI=1S/C12H26N2O2/c1-4-11(9-15)14-12(16)13-8-6-5-7-10(2)3/h10-11,15H,4-9H2,1-3H3,(H2,13,14,16). The van der Waals surface area contributed by atoms with Crippen molar-refractivity contribution in [1.82, 2.24) is 10.6 Å². The highest BCUT2D eigenvalue weighted by molar-refractivity contribution is 5.74. The van der Waals surface area contributed by atoms with E-state index < -0.39 is 0 Å². The van der Waals surface area contributed by atoms with Gasteiger partial charge in [0.15, 0.2) is 0 Å². The molecule has 0 aliphatic carbocycles. The Morgan fingerprint density at radius 3 is 2.50 bits per heavy atom. The largest absolute Gasteiger partial charge is 0.394 e. The van der Waals surface area contributed by atoms with E-state index in [0.717, 1.165) is 25.2 Å². The molecule has 1 unspecified atom stereocenters. The average Bonchev–Trinajstić information content (AvgIpc) is 2.25. The van der Waals surface area contributed by atoms with Gasteiger partial charge in [0.25, 0.3) is 0 Å². The number of aliphatic hydroxyl groups is 1. The number of carbonyl (C=O) groups excluding carboxylic acids is 1. The zero-order valence-electron chi connectivity index (χ0n) is 10.8. The molecule has 1 atom stereocenters. The zero-order chi connectivity index (χ0) is 12.4. The minimum Gasteiger partial charge on any atom is -0.394 e. The molecular weight excluding hydrogens is 204 g/mol. The summed E-state index contributed by atoms with van der Waals surface area (Å²) in [6.07, 6.45) is 4.12. The van der Waals surface area contributed by atoms with Crippen molar-refractivity contribution in [3.05, 3.63) is 0 Å². The molecule has 0 aromatic heterocycles. The van der Waals surface area contributed by atoms with Crippen molar-refractivity contribution < 1.29 is 9.90 Å². The van der Waals surface area contributed by atoms with Crippen molar-refractivity contribution in [3.63, 3.8) is 0 Å². The first kappa shape index (κ1) is 15.2. The Hall–Kier alpha value is -0.770. The maximum absolute atomic E-state index is 11.3. The summed E-state index contributed by atoms with van der Waals surface area (Å²) in [5, 5.41) is 14.4. The summed E-state index contributed by atoms with van der Waals surface area (Å²) >= 11 is 0. The molecule has 0 aliphatic heterocycles. The smallest absolute Gasteiger partial charge is 0.315 e. The van der Waals surface area contributed by atoms with Crippen LogP contribution in [0.15, 0.2) is 0 Å². The van der Waals surface area contributed by atoms with Gasteiger partial charge in [0.1, 0.15) is 0 Å². The minimum absolute atomic E-state index is 0.00271. The third-order valence-electron chi connectivity index (χ3n) is 2.54. The van der Waals surface area contributed by atoms with E-state index in [2.05, 4.69) is 24.5 Å². The first-order valence-corrected chi connectivity index (χ1v) is 6.25. The molecule has 0 heterocycles. The van der Waals surface area contributed by atoms with E-state index in [4.69, 9.17) is 5.11 Å². The summed E-state index contributed by atoms with van der Waals surface area (Å²) in [5.41, 5.74) is 0. The fraction of sp³-hybridized carbons (Fsp3) is 0.917. The second kappa shape index (κ2) is 9.46. The number of rotatable bonds is 8. The third-order valence-corrected chi connectivity index (χ3v) is 2.54. The predicted molar refractivity (Wildman–Crippen MR) is 66.4 cm³/mol. The molecule has 0 aromatic rings. The lowest BCUT2D eigenvalue weighted by atomic mass is 10.1. The Bertz CT molecular complexity index is 180. The van der Waals surface area contributed by atoms with Gasteiger partial charge in [0, 0.05) is 6.54 Å². The summed E-state index contributed by atoms with van der Waals surface area (Å²) in [4.78, 5) is 11.3. The Kier molecular flexibility index (Phi) is 9.00. The van der Waals surface area contributed by atoms with Crippen LogP contribution in [0.4, 0.5) is 4.79 Å². The molecule has 0 aromatic carbocycles. The number of hydrogen-bond acceptors (Lipinski definition) is 2. The van der Waals surface area contributed by atoms with Crippen molar-refractivity contribution >= 4 is 6.03 Å². The second-order valence-corrected chi connectivity index (χ2v) is 4.58. The van der Waals surface area contributed by atoms with Crippen molar-refractivity contribution in [1.29, 1.82) is 0 Å². The van der Waals surface area contributed by atoms with Crippen LogP contribution in [-0.4, -0.2) is 30.3 Å². The van der Waals surface area contributed by atoms with Gasteiger partial charge in [0.05, 0.1) is 12.6 Å². The number of amides is 2. The number of hydrogen-bond donors (Lipinski definition) is 3. The van der Waals surface area contributed by atoms with Crippen molar-refractivity contribution in [2.75, 3.05) is 13.2 Å². The van der Waals surface area contributed by atoms with Crippen LogP contribution in [-0.2, 0) is 0 Å². The summed E-state index contributed by atoms with van der Waals surface area (Å²) in [6, 6.07) is -0.305. The second-order valence-electron chi connectivity index (χ2n) is 4.58. The molecular formula is C12H26N2O2. The molecule has 0 saturated carbocycles. The molecule has 16 heavy (non-hydrogen) atoms. The molecule has 3 N–H and O–H groups in total. The monoisotopic (exact) mass is 230 g/mol. The lowest BCUT2D eigenvalue weighted by Crippen LogP contribution is -2.43. The molecule has 4 heteroatoms. The fourth-order valence-electron chi connectivity index (χ4n) is 1.39. The van der Waals surface area contributed by atoms with Crippen LogP contribution in [0.25, 0.3) is 0 Å². The first-order chi connectivity index (χ1) is 7.60.